The van der Waals surface area contributed by atoms with Gasteiger partial charge in [0.15, 0.2) is 11.2 Å². The highest BCUT2D eigenvalue weighted by Crippen LogP contribution is 2.27. The van der Waals surface area contributed by atoms with Gasteiger partial charge < -0.3 is 10.1 Å². The first-order chi connectivity index (χ1) is 15.7. The maximum atomic E-state index is 13.6. The van der Waals surface area contributed by atoms with Crippen LogP contribution < -0.4 is 10.6 Å². The Morgan fingerprint density at radius 2 is 1.97 bits per heavy atom. The van der Waals surface area contributed by atoms with Crippen LogP contribution >= 0.6 is 11.3 Å². The molecule has 0 aliphatic heterocycles. The summed E-state index contributed by atoms with van der Waals surface area (Å²) in [4.78, 5) is 50.8. The van der Waals surface area contributed by atoms with Crippen LogP contribution in [-0.4, -0.2) is 40.3 Å². The summed E-state index contributed by atoms with van der Waals surface area (Å²) < 4.78 is 18.6. The van der Waals surface area contributed by atoms with Crippen molar-refractivity contribution in [2.45, 2.75) is 13.0 Å². The third kappa shape index (κ3) is 6.17. The van der Waals surface area contributed by atoms with E-state index in [9.17, 15) is 28.9 Å². The average Bonchev–Trinajstić information content (AvgIpc) is 3.26. The molecule has 0 bridgehead atoms. The molecule has 0 spiro atoms. The Bertz CT molecular complexity index is 1210. The summed E-state index contributed by atoms with van der Waals surface area (Å²) in [5, 5.41) is 17.5. The molecule has 0 aliphatic rings. The summed E-state index contributed by atoms with van der Waals surface area (Å²) in [7, 11) is 0. The number of carbonyl (C=O) groups is 3. The molecule has 12 heteroatoms. The lowest BCUT2D eigenvalue weighted by Crippen LogP contribution is -2.36. The Morgan fingerprint density at radius 3 is 2.70 bits per heavy atom. The lowest BCUT2D eigenvalue weighted by molar-refractivity contribution is -0.384. The zero-order valence-electron chi connectivity index (χ0n) is 17.1. The number of non-ortho nitro benzene ring substituents is 1. The van der Waals surface area contributed by atoms with Crippen LogP contribution in [0.1, 0.15) is 17.3 Å². The Labute approximate surface area is 190 Å². The van der Waals surface area contributed by atoms with Crippen molar-refractivity contribution in [3.05, 3.63) is 75.4 Å². The summed E-state index contributed by atoms with van der Waals surface area (Å²) >= 11 is 1.09. The molecule has 0 aliphatic carbocycles. The van der Waals surface area contributed by atoms with Crippen molar-refractivity contribution >= 4 is 39.9 Å². The molecule has 1 unspecified atom stereocenters. The Balaban J connectivity index is 1.52. The number of nitro groups is 1. The number of nitro benzene ring substituents is 1. The van der Waals surface area contributed by atoms with Gasteiger partial charge in [0, 0.05) is 23.1 Å². The molecule has 2 aromatic carbocycles. The number of thiazole rings is 1. The Kier molecular flexibility index (Phi) is 7.41. The Hall–Kier alpha value is -4.19. The normalized spacial score (nSPS) is 11.3. The summed E-state index contributed by atoms with van der Waals surface area (Å²) in [6.07, 6.45) is -1.20. The highest BCUT2D eigenvalue weighted by molar-refractivity contribution is 7.14. The number of nitrogens with one attached hydrogen (secondary N) is 2. The van der Waals surface area contributed by atoms with Crippen LogP contribution in [0.3, 0.4) is 0 Å². The maximum Gasteiger partial charge on any atom is 0.326 e. The van der Waals surface area contributed by atoms with Gasteiger partial charge in [0.1, 0.15) is 12.4 Å². The third-order valence-corrected chi connectivity index (χ3v) is 5.03. The molecule has 33 heavy (non-hydrogen) atoms. The summed E-state index contributed by atoms with van der Waals surface area (Å²) in [5.74, 6) is -3.08. The molecule has 0 fully saturated rings. The number of aromatic nitrogens is 1. The van der Waals surface area contributed by atoms with Crippen molar-refractivity contribution in [2.24, 2.45) is 0 Å². The zero-order chi connectivity index (χ0) is 24.0. The van der Waals surface area contributed by atoms with Crippen LogP contribution in [-0.2, 0) is 14.3 Å². The van der Waals surface area contributed by atoms with Gasteiger partial charge in [0.25, 0.3) is 17.5 Å². The van der Waals surface area contributed by atoms with Crippen LogP contribution in [0.2, 0.25) is 0 Å². The molecule has 1 aromatic heterocycles. The first-order valence-electron chi connectivity index (χ1n) is 9.48. The molecule has 3 aromatic rings. The summed E-state index contributed by atoms with van der Waals surface area (Å²) in [6, 6.07) is 11.2. The number of nitrogens with zero attached hydrogens (tertiary/aromatic N) is 2. The second-order valence-corrected chi connectivity index (χ2v) is 7.49. The number of benzene rings is 2. The third-order valence-electron chi connectivity index (χ3n) is 4.28. The van der Waals surface area contributed by atoms with Gasteiger partial charge in [-0.1, -0.05) is 24.3 Å². The van der Waals surface area contributed by atoms with E-state index in [4.69, 9.17) is 4.74 Å². The summed E-state index contributed by atoms with van der Waals surface area (Å²) in [6.45, 7) is 0.778. The number of hydrogen-bond donors (Lipinski definition) is 2. The van der Waals surface area contributed by atoms with Gasteiger partial charge in [-0.15, -0.1) is 11.3 Å². The molecule has 0 radical (unpaired) electrons. The number of amides is 2. The number of carbonyl (C=O) groups excluding carboxylic acids is 3. The van der Waals surface area contributed by atoms with E-state index in [-0.39, 0.29) is 16.4 Å². The minimum atomic E-state index is -1.20. The van der Waals surface area contributed by atoms with Crippen molar-refractivity contribution in [2.75, 3.05) is 11.9 Å². The molecule has 2 N–H and O–H groups in total. The summed E-state index contributed by atoms with van der Waals surface area (Å²) in [5.41, 5.74) is 0.624. The molecular formula is C21H17FN4O6S. The number of halogens is 1. The second kappa shape index (κ2) is 10.4. The minimum Gasteiger partial charge on any atom is -0.451 e. The maximum absolute atomic E-state index is 13.6. The largest absolute Gasteiger partial charge is 0.451 e. The minimum absolute atomic E-state index is 0.0892. The van der Waals surface area contributed by atoms with Crippen molar-refractivity contribution in [1.29, 1.82) is 0 Å². The van der Waals surface area contributed by atoms with Gasteiger partial charge in [-0.05, 0) is 19.1 Å². The molecular weight excluding hydrogens is 455 g/mol. The number of ether oxygens (including phenoxy) is 1. The topological polar surface area (TPSA) is 141 Å². The van der Waals surface area contributed by atoms with E-state index in [0.29, 0.717) is 11.3 Å². The number of esters is 1. The van der Waals surface area contributed by atoms with Gasteiger partial charge in [-0.2, -0.15) is 0 Å². The van der Waals surface area contributed by atoms with Crippen LogP contribution in [0.4, 0.5) is 15.2 Å². The van der Waals surface area contributed by atoms with Crippen LogP contribution in [0.25, 0.3) is 11.3 Å². The molecule has 1 atom stereocenters. The number of hydrogen-bond acceptors (Lipinski definition) is 8. The van der Waals surface area contributed by atoms with E-state index in [0.717, 1.165) is 17.4 Å². The van der Waals surface area contributed by atoms with E-state index >= 15 is 0 Å². The van der Waals surface area contributed by atoms with E-state index in [1.165, 1.54) is 43.3 Å². The fraction of sp³-hybridized carbons (Fsp3) is 0.143. The number of rotatable bonds is 8. The van der Waals surface area contributed by atoms with Gasteiger partial charge in [-0.25, -0.2) is 9.37 Å². The van der Waals surface area contributed by atoms with Gasteiger partial charge >= 0.3 is 5.97 Å². The lowest BCUT2D eigenvalue weighted by Gasteiger charge is -2.13. The SMILES string of the molecule is CC(OC(=O)CNC(=O)c1ccccc1F)C(=O)Nc1nc(-c2cccc([N+](=O)[O-])c2)cs1. The fourth-order valence-electron chi connectivity index (χ4n) is 2.63. The molecule has 0 saturated heterocycles. The van der Waals surface area contributed by atoms with E-state index in [1.54, 1.807) is 11.4 Å². The molecule has 170 valence electrons. The van der Waals surface area contributed by atoms with Crippen LogP contribution in [0.5, 0.6) is 0 Å². The van der Waals surface area contributed by atoms with Crippen LogP contribution in [0, 0.1) is 15.9 Å². The average molecular weight is 472 g/mol. The quantitative estimate of drug-likeness (QED) is 0.291. The highest BCUT2D eigenvalue weighted by atomic mass is 32.1. The molecule has 0 saturated carbocycles. The first-order valence-corrected chi connectivity index (χ1v) is 10.4. The second-order valence-electron chi connectivity index (χ2n) is 6.63. The van der Waals surface area contributed by atoms with Crippen molar-refractivity contribution in [3.8, 4) is 11.3 Å². The lowest BCUT2D eigenvalue weighted by atomic mass is 10.1. The van der Waals surface area contributed by atoms with Crippen molar-refractivity contribution in [3.63, 3.8) is 0 Å². The predicted molar refractivity (Wildman–Crippen MR) is 117 cm³/mol. The van der Waals surface area contributed by atoms with Gasteiger partial charge in [0.05, 0.1) is 16.2 Å². The predicted octanol–water partition coefficient (Wildman–Crippen LogP) is 3.16. The monoisotopic (exact) mass is 472 g/mol. The molecule has 10 nitrogen and oxygen atoms in total. The highest BCUT2D eigenvalue weighted by Gasteiger charge is 2.20. The molecule has 3 rings (SSSR count). The van der Waals surface area contributed by atoms with Crippen LogP contribution in [0.15, 0.2) is 53.9 Å². The van der Waals surface area contributed by atoms with Crippen molar-refractivity contribution < 1.29 is 28.4 Å². The smallest absolute Gasteiger partial charge is 0.326 e. The number of anilines is 1. The van der Waals surface area contributed by atoms with Gasteiger partial charge in [0.2, 0.25) is 0 Å². The zero-order valence-corrected chi connectivity index (χ0v) is 17.9. The van der Waals surface area contributed by atoms with Gasteiger partial charge in [-0.3, -0.25) is 29.8 Å². The van der Waals surface area contributed by atoms with E-state index < -0.39 is 41.2 Å². The van der Waals surface area contributed by atoms with E-state index in [1.807, 2.05) is 0 Å². The fourth-order valence-corrected chi connectivity index (χ4v) is 3.36. The van der Waals surface area contributed by atoms with E-state index in [2.05, 4.69) is 15.6 Å². The molecule has 2 amide bonds. The first kappa shape index (κ1) is 23.5. The standard InChI is InChI=1S/C21H17FN4O6S/c1-12(32-18(27)10-23-20(29)15-7-2-3-8-16(15)22)19(28)25-21-24-17(11-33-21)13-5-4-6-14(9-13)26(30)31/h2-9,11-12H,10H2,1H3,(H,23,29)(H,24,25,28). The molecule has 1 heterocycles. The van der Waals surface area contributed by atoms with Crippen molar-refractivity contribution in [1.82, 2.24) is 10.3 Å². The Morgan fingerprint density at radius 1 is 1.21 bits per heavy atom.